The normalized spacial score (nSPS) is 18.9. The molecular formula is C14H20Cl3N3O. The summed E-state index contributed by atoms with van der Waals surface area (Å²) in [6.45, 7) is 5.84. The van der Waals surface area contributed by atoms with Crippen LogP contribution in [0, 0.1) is 0 Å². The number of benzene rings is 1. The molecule has 1 heterocycles. The van der Waals surface area contributed by atoms with Gasteiger partial charge in [-0.3, -0.25) is 4.79 Å². The summed E-state index contributed by atoms with van der Waals surface area (Å²) in [5.41, 5.74) is 0.567. The minimum atomic E-state index is -0.0413. The number of hydrogen-bond acceptors (Lipinski definition) is 3. The number of piperazine rings is 1. The summed E-state index contributed by atoms with van der Waals surface area (Å²) >= 11 is 11.9. The summed E-state index contributed by atoms with van der Waals surface area (Å²) < 4.78 is 0. The van der Waals surface area contributed by atoms with Crippen molar-refractivity contribution in [3.05, 3.63) is 28.2 Å². The van der Waals surface area contributed by atoms with Crippen LogP contribution >= 0.6 is 35.6 Å². The zero-order valence-corrected chi connectivity index (χ0v) is 14.2. The molecule has 2 N–H and O–H groups in total. The molecule has 0 aliphatic carbocycles. The Kier molecular flexibility index (Phi) is 7.77. The van der Waals surface area contributed by atoms with Crippen molar-refractivity contribution < 1.29 is 4.79 Å². The van der Waals surface area contributed by atoms with Crippen LogP contribution < -0.4 is 10.6 Å². The summed E-state index contributed by atoms with van der Waals surface area (Å²) in [6, 6.07) is 5.52. The maximum Gasteiger partial charge on any atom is 0.225 e. The van der Waals surface area contributed by atoms with Crippen molar-refractivity contribution in [2.45, 2.75) is 19.4 Å². The van der Waals surface area contributed by atoms with Crippen LogP contribution in [-0.4, -0.2) is 43.0 Å². The van der Waals surface area contributed by atoms with E-state index in [9.17, 15) is 4.79 Å². The third kappa shape index (κ3) is 6.01. The predicted molar refractivity (Wildman–Crippen MR) is 90.9 cm³/mol. The third-order valence-corrected chi connectivity index (χ3v) is 3.88. The third-order valence-electron chi connectivity index (χ3n) is 3.31. The molecule has 0 bridgehead atoms. The Morgan fingerprint density at radius 2 is 2.24 bits per heavy atom. The van der Waals surface area contributed by atoms with Crippen LogP contribution in [0.3, 0.4) is 0 Å². The van der Waals surface area contributed by atoms with E-state index in [1.807, 2.05) is 0 Å². The molecule has 118 valence electrons. The van der Waals surface area contributed by atoms with Gasteiger partial charge in [0.1, 0.15) is 0 Å². The highest BCUT2D eigenvalue weighted by atomic mass is 35.5. The van der Waals surface area contributed by atoms with Gasteiger partial charge >= 0.3 is 0 Å². The Balaban J connectivity index is 0.00000220. The highest BCUT2D eigenvalue weighted by Crippen LogP contribution is 2.25. The lowest BCUT2D eigenvalue weighted by molar-refractivity contribution is -0.116. The monoisotopic (exact) mass is 351 g/mol. The zero-order valence-electron chi connectivity index (χ0n) is 11.9. The molecule has 7 heteroatoms. The maximum atomic E-state index is 11.9. The van der Waals surface area contributed by atoms with E-state index in [-0.39, 0.29) is 18.3 Å². The topological polar surface area (TPSA) is 44.4 Å². The van der Waals surface area contributed by atoms with Crippen molar-refractivity contribution in [1.29, 1.82) is 0 Å². The summed E-state index contributed by atoms with van der Waals surface area (Å²) in [6.07, 6.45) is 0.454. The molecule has 2 rings (SSSR count). The molecule has 1 atom stereocenters. The van der Waals surface area contributed by atoms with Crippen molar-refractivity contribution in [3.63, 3.8) is 0 Å². The van der Waals surface area contributed by atoms with Gasteiger partial charge in [0, 0.05) is 43.7 Å². The molecule has 4 nitrogen and oxygen atoms in total. The fraction of sp³-hybridized carbons (Fsp3) is 0.500. The summed E-state index contributed by atoms with van der Waals surface area (Å²) in [7, 11) is 0. The first-order valence-electron chi connectivity index (χ1n) is 6.75. The largest absolute Gasteiger partial charge is 0.325 e. The lowest BCUT2D eigenvalue weighted by Crippen LogP contribution is -2.49. The summed E-state index contributed by atoms with van der Waals surface area (Å²) in [5, 5.41) is 7.24. The first kappa shape index (κ1) is 18.5. The van der Waals surface area contributed by atoms with E-state index in [0.717, 1.165) is 26.2 Å². The van der Waals surface area contributed by atoms with Crippen LogP contribution in [0.15, 0.2) is 18.2 Å². The molecule has 1 fully saturated rings. The number of nitrogens with one attached hydrogen (secondary N) is 2. The van der Waals surface area contributed by atoms with Gasteiger partial charge in [0.25, 0.3) is 0 Å². The van der Waals surface area contributed by atoms with Gasteiger partial charge in [0.2, 0.25) is 5.91 Å². The second-order valence-electron chi connectivity index (χ2n) is 5.08. The van der Waals surface area contributed by atoms with Crippen LogP contribution in [0.25, 0.3) is 0 Å². The van der Waals surface area contributed by atoms with Gasteiger partial charge in [-0.05, 0) is 25.1 Å². The summed E-state index contributed by atoms with van der Waals surface area (Å²) in [5.74, 6) is -0.0413. The van der Waals surface area contributed by atoms with Crippen LogP contribution in [-0.2, 0) is 4.79 Å². The van der Waals surface area contributed by atoms with Gasteiger partial charge in [-0.15, -0.1) is 12.4 Å². The van der Waals surface area contributed by atoms with E-state index in [1.54, 1.807) is 18.2 Å². The van der Waals surface area contributed by atoms with Crippen molar-refractivity contribution in [2.75, 3.05) is 31.5 Å². The van der Waals surface area contributed by atoms with E-state index < -0.39 is 0 Å². The molecule has 1 aliphatic rings. The quantitative estimate of drug-likeness (QED) is 0.875. The molecule has 1 saturated heterocycles. The van der Waals surface area contributed by atoms with Crippen molar-refractivity contribution in [3.8, 4) is 0 Å². The van der Waals surface area contributed by atoms with Crippen LogP contribution in [0.4, 0.5) is 5.69 Å². The highest BCUT2D eigenvalue weighted by molar-refractivity contribution is 6.35. The van der Waals surface area contributed by atoms with Gasteiger partial charge in [0.15, 0.2) is 0 Å². The molecule has 1 aliphatic heterocycles. The summed E-state index contributed by atoms with van der Waals surface area (Å²) in [4.78, 5) is 14.2. The molecule has 1 aromatic carbocycles. The van der Waals surface area contributed by atoms with Gasteiger partial charge in [-0.1, -0.05) is 23.2 Å². The Hall–Kier alpha value is -0.520. The van der Waals surface area contributed by atoms with Gasteiger partial charge in [0.05, 0.1) is 10.7 Å². The Bertz CT molecular complexity index is 485. The number of carbonyl (C=O) groups is 1. The van der Waals surface area contributed by atoms with E-state index >= 15 is 0 Å². The van der Waals surface area contributed by atoms with Crippen LogP contribution in [0.2, 0.25) is 10.0 Å². The Labute approximate surface area is 141 Å². The second kappa shape index (κ2) is 8.81. The molecule has 0 spiro atoms. The smallest absolute Gasteiger partial charge is 0.225 e. The van der Waals surface area contributed by atoms with Crippen molar-refractivity contribution in [1.82, 2.24) is 10.2 Å². The van der Waals surface area contributed by atoms with Gasteiger partial charge in [-0.25, -0.2) is 0 Å². The number of anilines is 1. The van der Waals surface area contributed by atoms with Crippen molar-refractivity contribution in [2.24, 2.45) is 0 Å². The number of hydrogen-bond donors (Lipinski definition) is 2. The first-order valence-corrected chi connectivity index (χ1v) is 7.51. The number of nitrogens with zero attached hydrogens (tertiary/aromatic N) is 1. The maximum absolute atomic E-state index is 11.9. The average molecular weight is 353 g/mol. The first-order chi connectivity index (χ1) is 9.54. The second-order valence-corrected chi connectivity index (χ2v) is 5.92. The fourth-order valence-electron chi connectivity index (χ4n) is 2.28. The molecule has 0 aromatic heterocycles. The Morgan fingerprint density at radius 3 is 2.95 bits per heavy atom. The fourth-order valence-corrected chi connectivity index (χ4v) is 2.62. The molecule has 21 heavy (non-hydrogen) atoms. The van der Waals surface area contributed by atoms with Gasteiger partial charge in [-0.2, -0.15) is 0 Å². The lowest BCUT2D eigenvalue weighted by Gasteiger charge is -2.31. The van der Waals surface area contributed by atoms with E-state index in [1.165, 1.54) is 0 Å². The molecule has 1 aromatic rings. The van der Waals surface area contributed by atoms with Crippen LogP contribution in [0.1, 0.15) is 13.3 Å². The molecular weight excluding hydrogens is 333 g/mol. The van der Waals surface area contributed by atoms with E-state index in [4.69, 9.17) is 23.2 Å². The van der Waals surface area contributed by atoms with E-state index in [2.05, 4.69) is 22.5 Å². The SMILES string of the molecule is CC1CN(CCC(=O)Nc2cc(Cl)ccc2Cl)CCN1.Cl. The lowest BCUT2D eigenvalue weighted by atomic mass is 10.2. The molecule has 0 saturated carbocycles. The highest BCUT2D eigenvalue weighted by Gasteiger charge is 2.16. The average Bonchev–Trinajstić information content (AvgIpc) is 2.41. The van der Waals surface area contributed by atoms with Crippen molar-refractivity contribution >= 4 is 47.2 Å². The molecule has 0 radical (unpaired) electrons. The molecule has 1 unspecified atom stereocenters. The molecule has 1 amide bonds. The zero-order chi connectivity index (χ0) is 14.5. The predicted octanol–water partition coefficient (Wildman–Crippen LogP) is 3.04. The number of rotatable bonds is 4. The van der Waals surface area contributed by atoms with E-state index in [0.29, 0.717) is 28.2 Å². The minimum Gasteiger partial charge on any atom is -0.325 e. The standard InChI is InChI=1S/C14H19Cl2N3O.ClH/c1-10-9-19(7-5-17-10)6-4-14(20)18-13-8-11(15)2-3-12(13)16;/h2-3,8,10,17H,4-7,9H2,1H3,(H,18,20);1H. The van der Waals surface area contributed by atoms with Crippen LogP contribution in [0.5, 0.6) is 0 Å². The number of amides is 1. The number of carbonyl (C=O) groups excluding carboxylic acids is 1. The Morgan fingerprint density at radius 1 is 1.48 bits per heavy atom. The number of halogens is 3. The van der Waals surface area contributed by atoms with Gasteiger partial charge < -0.3 is 15.5 Å². The minimum absolute atomic E-state index is 0.